The van der Waals surface area contributed by atoms with Crippen LogP contribution < -0.4 is 5.32 Å². The number of cyclic esters (lactones) is 1. The Labute approximate surface area is 315 Å². The monoisotopic (exact) mass is 738 g/mol. The number of allylic oxidation sites excluding steroid dienone is 8. The highest BCUT2D eigenvalue weighted by atomic mass is 32.1. The fourth-order valence-electron chi connectivity index (χ4n) is 5.92. The lowest BCUT2D eigenvalue weighted by Gasteiger charge is -2.26. The molecule has 0 saturated heterocycles. The van der Waals surface area contributed by atoms with Crippen molar-refractivity contribution in [1.29, 1.82) is 0 Å². The Bertz CT molecular complexity index is 1550. The van der Waals surface area contributed by atoms with E-state index >= 15 is 0 Å². The number of thiazole rings is 1. The SMILES string of the molecule is CNC(=O)OC(CC(C)C)c1nc(C2OC(=O)/C(C)=C/C/C(C)=C/C(O)C(C)/C=C(C)/C=C(C)\C=C\C(O)C(C)C(OC)/C(C)=C/C=C/C2C)cs1. The van der Waals surface area contributed by atoms with Gasteiger partial charge in [0.25, 0.3) is 0 Å². The van der Waals surface area contributed by atoms with Crippen molar-refractivity contribution in [3.05, 3.63) is 98.6 Å². The molecule has 8 atom stereocenters. The summed E-state index contributed by atoms with van der Waals surface area (Å²) in [7, 11) is 3.15. The Morgan fingerprint density at radius 2 is 1.73 bits per heavy atom. The van der Waals surface area contributed by atoms with Crippen LogP contribution in [0.15, 0.2) is 87.9 Å². The summed E-state index contributed by atoms with van der Waals surface area (Å²) >= 11 is 1.37. The molecule has 8 unspecified atom stereocenters. The second kappa shape index (κ2) is 21.8. The summed E-state index contributed by atoms with van der Waals surface area (Å²) < 4.78 is 17.7. The first kappa shape index (κ1) is 44.6. The van der Waals surface area contributed by atoms with E-state index in [4.69, 9.17) is 19.2 Å². The van der Waals surface area contributed by atoms with Gasteiger partial charge in [-0.25, -0.2) is 14.6 Å². The van der Waals surface area contributed by atoms with Crippen molar-refractivity contribution >= 4 is 23.4 Å². The van der Waals surface area contributed by atoms with Gasteiger partial charge >= 0.3 is 12.1 Å². The summed E-state index contributed by atoms with van der Waals surface area (Å²) in [5, 5.41) is 27.0. The molecule has 0 spiro atoms. The fraction of sp³-hybridized carbons (Fsp3) is 0.548. The Hall–Kier alpha value is -3.57. The number of methoxy groups -OCH3 is 1. The first-order valence-electron chi connectivity index (χ1n) is 18.1. The lowest BCUT2D eigenvalue weighted by atomic mass is 9.91. The van der Waals surface area contributed by atoms with E-state index in [0.717, 1.165) is 22.3 Å². The van der Waals surface area contributed by atoms with Crippen molar-refractivity contribution in [3.8, 4) is 0 Å². The molecule has 0 aromatic carbocycles. The third-order valence-corrected chi connectivity index (χ3v) is 9.99. The molecule has 0 saturated carbocycles. The van der Waals surface area contributed by atoms with E-state index < -0.39 is 36.5 Å². The molecule has 9 nitrogen and oxygen atoms in total. The van der Waals surface area contributed by atoms with Crippen LogP contribution in [-0.2, 0) is 19.0 Å². The zero-order chi connectivity index (χ0) is 39.1. The normalized spacial score (nSPS) is 33.2. The highest BCUT2D eigenvalue weighted by molar-refractivity contribution is 7.09. The molecule has 0 aliphatic carbocycles. The Morgan fingerprint density at radius 3 is 2.37 bits per heavy atom. The summed E-state index contributed by atoms with van der Waals surface area (Å²) in [4.78, 5) is 30.6. The van der Waals surface area contributed by atoms with Crippen LogP contribution in [0, 0.1) is 23.7 Å². The second-order valence-electron chi connectivity index (χ2n) is 14.5. The number of aliphatic hydroxyl groups is 2. The van der Waals surface area contributed by atoms with E-state index in [0.29, 0.717) is 29.1 Å². The number of alkyl carbamates (subject to hydrolysis) is 1. The molecule has 0 fully saturated rings. The molecular weight excluding hydrogens is 677 g/mol. The molecule has 2 rings (SSSR count). The Kier molecular flexibility index (Phi) is 18.7. The highest BCUT2D eigenvalue weighted by Crippen LogP contribution is 2.34. The number of carbonyl (C=O) groups excluding carboxylic acids is 2. The van der Waals surface area contributed by atoms with E-state index in [2.05, 4.69) is 19.2 Å². The topological polar surface area (TPSA) is 127 Å². The van der Waals surface area contributed by atoms with Crippen LogP contribution in [0.1, 0.15) is 105 Å². The molecule has 2 heterocycles. The van der Waals surface area contributed by atoms with Crippen molar-refractivity contribution in [1.82, 2.24) is 10.3 Å². The van der Waals surface area contributed by atoms with Gasteiger partial charge in [-0.05, 0) is 59.0 Å². The Morgan fingerprint density at radius 1 is 1.04 bits per heavy atom. The molecule has 1 aliphatic heterocycles. The van der Waals surface area contributed by atoms with Crippen LogP contribution in [-0.4, -0.2) is 59.7 Å². The van der Waals surface area contributed by atoms with E-state index in [-0.39, 0.29) is 29.8 Å². The average molecular weight is 739 g/mol. The lowest BCUT2D eigenvalue weighted by Crippen LogP contribution is -2.30. The van der Waals surface area contributed by atoms with Gasteiger partial charge in [-0.1, -0.05) is 106 Å². The van der Waals surface area contributed by atoms with Gasteiger partial charge in [-0.3, -0.25) is 0 Å². The first-order chi connectivity index (χ1) is 24.5. The molecule has 0 radical (unpaired) electrons. The Balaban J connectivity index is 2.60. The van der Waals surface area contributed by atoms with Crippen LogP contribution in [0.5, 0.6) is 0 Å². The minimum atomic E-state index is -0.755. The van der Waals surface area contributed by atoms with Gasteiger partial charge in [0.2, 0.25) is 0 Å². The molecule has 1 amide bonds. The van der Waals surface area contributed by atoms with Crippen molar-refractivity contribution in [2.45, 2.75) is 113 Å². The average Bonchev–Trinajstić information content (AvgIpc) is 3.57. The molecular formula is C42H62N2O7S. The third-order valence-electron chi connectivity index (χ3n) is 9.03. The van der Waals surface area contributed by atoms with E-state index in [9.17, 15) is 19.8 Å². The number of hydrogen-bond acceptors (Lipinski definition) is 9. The van der Waals surface area contributed by atoms with E-state index in [1.54, 1.807) is 20.1 Å². The van der Waals surface area contributed by atoms with Gasteiger partial charge in [0, 0.05) is 42.9 Å². The van der Waals surface area contributed by atoms with Gasteiger partial charge in [-0.2, -0.15) is 0 Å². The second-order valence-corrected chi connectivity index (χ2v) is 15.4. The third kappa shape index (κ3) is 14.5. The summed E-state index contributed by atoms with van der Waals surface area (Å²) in [6.07, 6.45) is 14.6. The number of hydrogen-bond donors (Lipinski definition) is 3. The predicted molar refractivity (Wildman–Crippen MR) is 211 cm³/mol. The van der Waals surface area contributed by atoms with Crippen LogP contribution in [0.4, 0.5) is 4.79 Å². The maximum atomic E-state index is 13.6. The summed E-state index contributed by atoms with van der Waals surface area (Å²) in [5.41, 5.74) is 4.83. The van der Waals surface area contributed by atoms with Crippen LogP contribution in [0.2, 0.25) is 0 Å². The minimum Gasteiger partial charge on any atom is -0.452 e. The number of ether oxygens (including phenoxy) is 3. The highest BCUT2D eigenvalue weighted by Gasteiger charge is 2.29. The number of aromatic nitrogens is 1. The zero-order valence-electron chi connectivity index (χ0n) is 33.2. The quantitative estimate of drug-likeness (QED) is 0.195. The smallest absolute Gasteiger partial charge is 0.407 e. The van der Waals surface area contributed by atoms with Crippen LogP contribution >= 0.6 is 11.3 Å². The summed E-state index contributed by atoms with van der Waals surface area (Å²) in [6, 6.07) is 0. The van der Waals surface area contributed by atoms with Crippen LogP contribution in [0.25, 0.3) is 0 Å². The zero-order valence-corrected chi connectivity index (χ0v) is 34.0. The fourth-order valence-corrected chi connectivity index (χ4v) is 6.80. The molecule has 52 heavy (non-hydrogen) atoms. The number of nitrogens with one attached hydrogen (secondary N) is 1. The molecule has 10 heteroatoms. The van der Waals surface area contributed by atoms with Crippen molar-refractivity contribution in [2.75, 3.05) is 14.2 Å². The lowest BCUT2D eigenvalue weighted by molar-refractivity contribution is -0.146. The number of esters is 1. The van der Waals surface area contributed by atoms with Gasteiger partial charge in [0.05, 0.1) is 24.0 Å². The van der Waals surface area contributed by atoms with Gasteiger partial charge in [-0.15, -0.1) is 11.3 Å². The summed E-state index contributed by atoms with van der Waals surface area (Å²) in [5.74, 6) is -0.903. The van der Waals surface area contributed by atoms with Crippen molar-refractivity contribution in [3.63, 3.8) is 0 Å². The number of amides is 1. The maximum Gasteiger partial charge on any atom is 0.407 e. The van der Waals surface area contributed by atoms with Crippen LogP contribution in [0.3, 0.4) is 0 Å². The summed E-state index contributed by atoms with van der Waals surface area (Å²) in [6.45, 7) is 19.6. The van der Waals surface area contributed by atoms with Gasteiger partial charge in [0.15, 0.2) is 12.2 Å². The molecule has 3 N–H and O–H groups in total. The van der Waals surface area contributed by atoms with E-state index in [1.165, 1.54) is 18.4 Å². The number of aliphatic hydroxyl groups excluding tert-OH is 2. The first-order valence-corrected chi connectivity index (χ1v) is 19.0. The maximum absolute atomic E-state index is 13.6. The molecule has 0 bridgehead atoms. The largest absolute Gasteiger partial charge is 0.452 e. The predicted octanol–water partition coefficient (Wildman–Crippen LogP) is 9.06. The molecule has 1 aromatic rings. The number of carbonyl (C=O) groups is 2. The number of rotatable bonds is 6. The minimum absolute atomic E-state index is 0.147. The van der Waals surface area contributed by atoms with Crippen molar-refractivity contribution < 1.29 is 34.0 Å². The van der Waals surface area contributed by atoms with E-state index in [1.807, 2.05) is 102 Å². The number of nitrogens with zero attached hydrogens (tertiary/aromatic N) is 1. The molecule has 288 valence electrons. The molecule has 1 aromatic heterocycles. The molecule has 1 aliphatic rings. The van der Waals surface area contributed by atoms with Gasteiger partial charge < -0.3 is 29.7 Å². The van der Waals surface area contributed by atoms with Gasteiger partial charge in [0.1, 0.15) is 5.01 Å². The van der Waals surface area contributed by atoms with Crippen molar-refractivity contribution in [2.24, 2.45) is 23.7 Å². The standard InChI is InChI=1S/C42H62N2O7S/c1-25(2)20-37(50-42(48)43-11)40-44-34(24-52-40)39-30(7)15-13-14-29(6)38(49-12)33(10)35(45)19-17-26(3)21-28(5)22-32(9)36(46)23-27(4)16-18-31(8)41(47)51-39/h13-15,17-19,21-25,30,32-33,35-39,45-46H,16,20H2,1-12H3,(H,43,48)/b15-13+,19-17+,26-21-,27-23+,28-22+,29-14+,31-18+.